The first-order valence-electron chi connectivity index (χ1n) is 6.60. The number of rotatable bonds is 3. The molecule has 2 unspecified atom stereocenters. The van der Waals surface area contributed by atoms with Crippen molar-refractivity contribution < 1.29 is 4.74 Å². The molecule has 0 radical (unpaired) electrons. The van der Waals surface area contributed by atoms with E-state index in [2.05, 4.69) is 66.3 Å². The van der Waals surface area contributed by atoms with E-state index in [1.807, 2.05) is 0 Å². The molecular formula is C15H22BrNO. The van der Waals surface area contributed by atoms with Gasteiger partial charge in [0.1, 0.15) is 0 Å². The van der Waals surface area contributed by atoms with Crippen LogP contribution in [0.25, 0.3) is 0 Å². The molecule has 1 saturated heterocycles. The van der Waals surface area contributed by atoms with Crippen LogP contribution in [-0.4, -0.2) is 24.3 Å². The largest absolute Gasteiger partial charge is 0.366 e. The maximum atomic E-state index is 6.37. The van der Waals surface area contributed by atoms with Crippen molar-refractivity contribution in [2.75, 3.05) is 13.1 Å². The molecule has 1 fully saturated rings. The molecule has 2 nitrogen and oxygen atoms in total. The van der Waals surface area contributed by atoms with Gasteiger partial charge in [-0.3, -0.25) is 0 Å². The molecule has 3 heteroatoms. The molecule has 1 aromatic carbocycles. The van der Waals surface area contributed by atoms with Gasteiger partial charge in [-0.15, -0.1) is 0 Å². The van der Waals surface area contributed by atoms with Gasteiger partial charge in [-0.1, -0.05) is 35.0 Å². The van der Waals surface area contributed by atoms with Crippen molar-refractivity contribution in [2.24, 2.45) is 0 Å². The zero-order valence-corrected chi connectivity index (χ0v) is 13.0. The Labute approximate surface area is 118 Å². The summed E-state index contributed by atoms with van der Waals surface area (Å²) in [4.78, 5) is 0. The molecule has 1 aromatic rings. The Bertz CT molecular complexity index is 405. The zero-order valence-electron chi connectivity index (χ0n) is 11.4. The molecule has 1 aliphatic heterocycles. The Morgan fingerprint density at radius 2 is 1.78 bits per heavy atom. The Kier molecular flexibility index (Phi) is 4.15. The van der Waals surface area contributed by atoms with Crippen LogP contribution in [0.5, 0.6) is 0 Å². The Balaban J connectivity index is 2.09. The maximum absolute atomic E-state index is 6.37. The van der Waals surface area contributed by atoms with E-state index < -0.39 is 0 Å². The van der Waals surface area contributed by atoms with Crippen molar-refractivity contribution in [1.29, 1.82) is 0 Å². The number of benzene rings is 1. The van der Waals surface area contributed by atoms with Gasteiger partial charge in [-0.2, -0.15) is 0 Å². The Hall–Kier alpha value is -0.380. The molecule has 1 heterocycles. The maximum Gasteiger partial charge on any atom is 0.0826 e. The van der Waals surface area contributed by atoms with Crippen molar-refractivity contribution in [2.45, 2.75) is 44.8 Å². The van der Waals surface area contributed by atoms with Gasteiger partial charge in [0.15, 0.2) is 0 Å². The second kappa shape index (κ2) is 5.32. The van der Waals surface area contributed by atoms with Crippen molar-refractivity contribution in [3.8, 4) is 0 Å². The average Bonchev–Trinajstić information content (AvgIpc) is 2.32. The second-order valence-corrected chi connectivity index (χ2v) is 6.68. The molecule has 0 aromatic heterocycles. The predicted molar refractivity (Wildman–Crippen MR) is 78.9 cm³/mol. The monoisotopic (exact) mass is 311 g/mol. The molecule has 2 rings (SSSR count). The van der Waals surface area contributed by atoms with Crippen LogP contribution in [0.15, 0.2) is 28.7 Å². The Morgan fingerprint density at radius 1 is 1.17 bits per heavy atom. The summed E-state index contributed by atoms with van der Waals surface area (Å²) in [7, 11) is 0. The van der Waals surface area contributed by atoms with Crippen LogP contribution >= 0.6 is 15.9 Å². The predicted octanol–water partition coefficient (Wildman–Crippen LogP) is 3.54. The third-order valence-corrected chi connectivity index (χ3v) is 4.26. The average molecular weight is 312 g/mol. The highest BCUT2D eigenvalue weighted by atomic mass is 79.9. The van der Waals surface area contributed by atoms with Crippen molar-refractivity contribution in [3.05, 3.63) is 34.3 Å². The third-order valence-electron chi connectivity index (χ3n) is 3.73. The first-order valence-corrected chi connectivity index (χ1v) is 7.39. The molecule has 0 saturated carbocycles. The van der Waals surface area contributed by atoms with Crippen LogP contribution in [0.3, 0.4) is 0 Å². The van der Waals surface area contributed by atoms with Crippen molar-refractivity contribution >= 4 is 15.9 Å². The van der Waals surface area contributed by atoms with Crippen LogP contribution < -0.4 is 5.32 Å². The summed E-state index contributed by atoms with van der Waals surface area (Å²) in [5.41, 5.74) is 1.17. The molecule has 18 heavy (non-hydrogen) atoms. The number of nitrogens with one attached hydrogen (secondary N) is 1. The SMILES string of the molecule is CCC1(C)CNCC(C)(Cc2ccc(Br)cc2)O1. The molecule has 0 bridgehead atoms. The topological polar surface area (TPSA) is 21.3 Å². The molecule has 1 N–H and O–H groups in total. The second-order valence-electron chi connectivity index (χ2n) is 5.76. The first kappa shape index (κ1) is 14.0. The van der Waals surface area contributed by atoms with E-state index in [1.54, 1.807) is 0 Å². The molecule has 1 aliphatic rings. The van der Waals surface area contributed by atoms with Crippen LogP contribution in [-0.2, 0) is 11.2 Å². The quantitative estimate of drug-likeness (QED) is 0.922. The van der Waals surface area contributed by atoms with Gasteiger partial charge >= 0.3 is 0 Å². The summed E-state index contributed by atoms with van der Waals surface area (Å²) in [5, 5.41) is 3.51. The van der Waals surface area contributed by atoms with Crippen molar-refractivity contribution in [3.63, 3.8) is 0 Å². The summed E-state index contributed by atoms with van der Waals surface area (Å²) in [6, 6.07) is 8.51. The van der Waals surface area contributed by atoms with E-state index in [1.165, 1.54) is 5.56 Å². The van der Waals surface area contributed by atoms with Gasteiger partial charge in [-0.05, 0) is 38.0 Å². The highest BCUT2D eigenvalue weighted by Crippen LogP contribution is 2.29. The lowest BCUT2D eigenvalue weighted by molar-refractivity contribution is -0.162. The van der Waals surface area contributed by atoms with Gasteiger partial charge in [0.2, 0.25) is 0 Å². The lowest BCUT2D eigenvalue weighted by atomic mass is 9.90. The first-order chi connectivity index (χ1) is 8.45. The van der Waals surface area contributed by atoms with Crippen LogP contribution in [0.2, 0.25) is 0 Å². The van der Waals surface area contributed by atoms with E-state index in [-0.39, 0.29) is 11.2 Å². The molecular weight excluding hydrogens is 290 g/mol. The highest BCUT2D eigenvalue weighted by molar-refractivity contribution is 9.10. The van der Waals surface area contributed by atoms with E-state index in [4.69, 9.17) is 4.74 Å². The number of hydrogen-bond acceptors (Lipinski definition) is 2. The van der Waals surface area contributed by atoms with E-state index in [9.17, 15) is 0 Å². The number of ether oxygens (including phenoxy) is 1. The Morgan fingerprint density at radius 3 is 2.39 bits per heavy atom. The van der Waals surface area contributed by atoms with E-state index in [0.717, 1.165) is 30.4 Å². The van der Waals surface area contributed by atoms with Gasteiger partial charge < -0.3 is 10.1 Å². The molecule has 2 atom stereocenters. The summed E-state index contributed by atoms with van der Waals surface area (Å²) >= 11 is 3.47. The van der Waals surface area contributed by atoms with Gasteiger partial charge in [-0.25, -0.2) is 0 Å². The smallest absolute Gasteiger partial charge is 0.0826 e. The van der Waals surface area contributed by atoms with Gasteiger partial charge in [0.25, 0.3) is 0 Å². The fourth-order valence-electron chi connectivity index (χ4n) is 2.59. The molecule has 100 valence electrons. The van der Waals surface area contributed by atoms with Crippen LogP contribution in [0.4, 0.5) is 0 Å². The van der Waals surface area contributed by atoms with E-state index >= 15 is 0 Å². The fourth-order valence-corrected chi connectivity index (χ4v) is 2.85. The zero-order chi connectivity index (χ0) is 13.2. The minimum Gasteiger partial charge on any atom is -0.366 e. The molecule has 0 amide bonds. The highest BCUT2D eigenvalue weighted by Gasteiger charge is 2.38. The summed E-state index contributed by atoms with van der Waals surface area (Å²) in [6.45, 7) is 8.44. The standard InChI is InChI=1S/C15H22BrNO/c1-4-14(2)10-17-11-15(3,18-14)9-12-5-7-13(16)8-6-12/h5-8,17H,4,9-11H2,1-3H3. The number of morpholine rings is 1. The van der Waals surface area contributed by atoms with Gasteiger partial charge in [0, 0.05) is 24.0 Å². The number of halogens is 1. The van der Waals surface area contributed by atoms with Crippen LogP contribution in [0, 0.1) is 0 Å². The fraction of sp³-hybridized carbons (Fsp3) is 0.600. The third kappa shape index (κ3) is 3.34. The molecule has 0 spiro atoms. The normalized spacial score (nSPS) is 32.4. The van der Waals surface area contributed by atoms with Gasteiger partial charge in [0.05, 0.1) is 11.2 Å². The molecule has 0 aliphatic carbocycles. The number of hydrogen-bond donors (Lipinski definition) is 1. The summed E-state index contributed by atoms with van der Waals surface area (Å²) < 4.78 is 7.49. The minimum atomic E-state index is -0.114. The lowest BCUT2D eigenvalue weighted by Crippen LogP contribution is -2.58. The summed E-state index contributed by atoms with van der Waals surface area (Å²) in [6.07, 6.45) is 1.98. The van der Waals surface area contributed by atoms with Crippen molar-refractivity contribution in [1.82, 2.24) is 5.32 Å². The van der Waals surface area contributed by atoms with Crippen LogP contribution in [0.1, 0.15) is 32.8 Å². The lowest BCUT2D eigenvalue weighted by Gasteiger charge is -2.45. The summed E-state index contributed by atoms with van der Waals surface area (Å²) in [5.74, 6) is 0. The van der Waals surface area contributed by atoms with E-state index in [0.29, 0.717) is 0 Å². The minimum absolute atomic E-state index is 0.0393.